The van der Waals surface area contributed by atoms with Gasteiger partial charge in [-0.1, -0.05) is 45.0 Å². The molecule has 0 bridgehead atoms. The molecule has 0 saturated carbocycles. The van der Waals surface area contributed by atoms with Crippen molar-refractivity contribution in [2.24, 2.45) is 0 Å². The Kier molecular flexibility index (Phi) is 6.34. The van der Waals surface area contributed by atoms with Gasteiger partial charge in [0.2, 0.25) is 17.6 Å². The summed E-state index contributed by atoms with van der Waals surface area (Å²) in [6.07, 6.45) is 0.0647. The zero-order valence-corrected chi connectivity index (χ0v) is 20.6. The number of hydrogen-bond donors (Lipinski definition) is 2. The minimum Gasteiger partial charge on any atom is -0.345 e. The van der Waals surface area contributed by atoms with Gasteiger partial charge in [-0.25, -0.2) is 0 Å². The number of amides is 5. The Morgan fingerprint density at radius 2 is 1.78 bits per heavy atom. The van der Waals surface area contributed by atoms with Crippen LogP contribution in [0.2, 0.25) is 0 Å². The van der Waals surface area contributed by atoms with E-state index in [4.69, 9.17) is 0 Å². The Bertz CT molecular complexity index is 1340. The second kappa shape index (κ2) is 9.14. The number of carbonyl (C=O) groups is 6. The van der Waals surface area contributed by atoms with Gasteiger partial charge < -0.3 is 5.32 Å². The van der Waals surface area contributed by atoms with E-state index in [1.165, 1.54) is 6.07 Å². The third kappa shape index (κ3) is 4.44. The van der Waals surface area contributed by atoms with Gasteiger partial charge in [-0.3, -0.25) is 39.0 Å². The Labute approximate surface area is 208 Å². The highest BCUT2D eigenvalue weighted by atomic mass is 16.2. The van der Waals surface area contributed by atoms with Crippen molar-refractivity contribution in [3.8, 4) is 0 Å². The minimum absolute atomic E-state index is 0.0189. The molecule has 9 heteroatoms. The zero-order chi connectivity index (χ0) is 26.4. The Morgan fingerprint density at radius 1 is 1.06 bits per heavy atom. The molecule has 2 heterocycles. The summed E-state index contributed by atoms with van der Waals surface area (Å²) in [4.78, 5) is 76.1. The molecule has 9 nitrogen and oxygen atoms in total. The number of piperidine rings is 1. The molecule has 5 amide bonds. The minimum atomic E-state index is -1.08. The molecule has 2 aliphatic heterocycles. The molecular weight excluding hydrogens is 462 g/mol. The Morgan fingerprint density at radius 3 is 2.42 bits per heavy atom. The van der Waals surface area contributed by atoms with Crippen molar-refractivity contribution in [3.63, 3.8) is 0 Å². The highest BCUT2D eigenvalue weighted by molar-refractivity contribution is 6.42. The molecule has 186 valence electrons. The lowest BCUT2D eigenvalue weighted by atomic mass is 9.83. The number of imide groups is 2. The van der Waals surface area contributed by atoms with Crippen molar-refractivity contribution in [2.45, 2.75) is 58.5 Å². The van der Waals surface area contributed by atoms with E-state index in [0.717, 1.165) is 16.0 Å². The number of nitrogens with one attached hydrogen (secondary N) is 2. The summed E-state index contributed by atoms with van der Waals surface area (Å²) in [6.45, 7) is 7.92. The van der Waals surface area contributed by atoms with Crippen LogP contribution in [0, 0.1) is 6.92 Å². The molecular formula is C27H27N3O6. The lowest BCUT2D eigenvalue weighted by molar-refractivity contribution is -0.136. The topological polar surface area (TPSA) is 130 Å². The van der Waals surface area contributed by atoms with Crippen LogP contribution in [0.5, 0.6) is 0 Å². The second-order valence-electron chi connectivity index (χ2n) is 10.1. The van der Waals surface area contributed by atoms with Crippen LogP contribution in [-0.4, -0.2) is 46.3 Å². The van der Waals surface area contributed by atoms with Gasteiger partial charge in [-0.15, -0.1) is 0 Å². The third-order valence-electron chi connectivity index (χ3n) is 6.50. The van der Waals surface area contributed by atoms with Gasteiger partial charge in [0.1, 0.15) is 6.04 Å². The predicted octanol–water partition coefficient (Wildman–Crippen LogP) is 2.19. The number of hydrogen-bond acceptors (Lipinski definition) is 6. The van der Waals surface area contributed by atoms with Gasteiger partial charge >= 0.3 is 0 Å². The molecule has 1 saturated heterocycles. The molecule has 0 spiro atoms. The summed E-state index contributed by atoms with van der Waals surface area (Å²) < 4.78 is 0. The average Bonchev–Trinajstić information content (AvgIpc) is 3.06. The predicted molar refractivity (Wildman–Crippen MR) is 129 cm³/mol. The average molecular weight is 490 g/mol. The van der Waals surface area contributed by atoms with Crippen molar-refractivity contribution in [1.29, 1.82) is 0 Å². The summed E-state index contributed by atoms with van der Waals surface area (Å²) in [5.41, 5.74) is 2.66. The fourth-order valence-electron chi connectivity index (χ4n) is 4.77. The van der Waals surface area contributed by atoms with Crippen molar-refractivity contribution < 1.29 is 28.8 Å². The van der Waals surface area contributed by atoms with Gasteiger partial charge in [0.05, 0.1) is 11.1 Å². The van der Waals surface area contributed by atoms with Gasteiger partial charge in [-0.05, 0) is 47.6 Å². The number of fused-ring (bicyclic) bond motifs is 1. The highest BCUT2D eigenvalue weighted by Crippen LogP contribution is 2.30. The van der Waals surface area contributed by atoms with Crippen molar-refractivity contribution in [2.75, 3.05) is 0 Å². The Balaban J connectivity index is 1.51. The third-order valence-corrected chi connectivity index (χ3v) is 6.50. The van der Waals surface area contributed by atoms with E-state index in [2.05, 4.69) is 31.4 Å². The first-order valence-electron chi connectivity index (χ1n) is 11.7. The number of aryl methyl sites for hydroxylation is 1. The van der Waals surface area contributed by atoms with Crippen molar-refractivity contribution >= 4 is 35.3 Å². The van der Waals surface area contributed by atoms with Crippen molar-refractivity contribution in [3.05, 3.63) is 69.8 Å². The molecule has 2 aromatic carbocycles. The lowest BCUT2D eigenvalue weighted by Gasteiger charge is -2.27. The molecule has 36 heavy (non-hydrogen) atoms. The van der Waals surface area contributed by atoms with E-state index in [1.807, 2.05) is 13.0 Å². The van der Waals surface area contributed by atoms with Crippen LogP contribution in [0.1, 0.15) is 81.4 Å². The van der Waals surface area contributed by atoms with Crippen LogP contribution in [0.4, 0.5) is 0 Å². The maximum atomic E-state index is 13.2. The first kappa shape index (κ1) is 25.0. The number of rotatable bonds is 5. The van der Waals surface area contributed by atoms with E-state index in [9.17, 15) is 28.8 Å². The summed E-state index contributed by atoms with van der Waals surface area (Å²) in [5.74, 6) is -4.01. The summed E-state index contributed by atoms with van der Waals surface area (Å²) >= 11 is 0. The fraction of sp³-hybridized carbons (Fsp3) is 0.333. The summed E-state index contributed by atoms with van der Waals surface area (Å²) in [7, 11) is 0. The number of benzene rings is 2. The molecule has 0 aromatic heterocycles. The quantitative estimate of drug-likeness (QED) is 0.376. The van der Waals surface area contributed by atoms with Crippen LogP contribution in [0.3, 0.4) is 0 Å². The fourth-order valence-corrected chi connectivity index (χ4v) is 4.77. The highest BCUT2D eigenvalue weighted by Gasteiger charge is 2.45. The van der Waals surface area contributed by atoms with Gasteiger partial charge in [0.25, 0.3) is 17.7 Å². The molecule has 1 fully saturated rings. The standard InChI is InChI=1S/C27H27N3O6/c1-14-12-15(8-9-18(14)27(2,3)4)22(32)24(34)28-13-16-6-5-7-17-21(16)26(36)30(25(17)35)19-10-11-20(31)29-23(19)33/h5-9,12,19H,10-11,13H2,1-4H3,(H,28,34)(H,29,31,33). The zero-order valence-electron chi connectivity index (χ0n) is 20.6. The van der Waals surface area contributed by atoms with Gasteiger partial charge in [0, 0.05) is 18.5 Å². The van der Waals surface area contributed by atoms with Gasteiger partial charge in [-0.2, -0.15) is 0 Å². The first-order valence-corrected chi connectivity index (χ1v) is 11.7. The number of Topliss-reactive ketones (excluding diaryl/α,β-unsaturated/α-hetero) is 1. The Hall–Kier alpha value is -4.14. The van der Waals surface area contributed by atoms with E-state index in [1.54, 1.807) is 24.3 Å². The second-order valence-corrected chi connectivity index (χ2v) is 10.1. The van der Waals surface area contributed by atoms with E-state index in [-0.39, 0.29) is 41.5 Å². The molecule has 4 rings (SSSR count). The normalized spacial score (nSPS) is 17.7. The van der Waals surface area contributed by atoms with Crippen molar-refractivity contribution in [1.82, 2.24) is 15.5 Å². The maximum Gasteiger partial charge on any atom is 0.292 e. The SMILES string of the molecule is Cc1cc(C(=O)C(=O)NCc2cccc3c2C(=O)N(C2CCC(=O)NC2=O)C3=O)ccc1C(C)(C)C. The number of ketones is 1. The largest absolute Gasteiger partial charge is 0.345 e. The molecule has 0 aliphatic carbocycles. The van der Waals surface area contributed by atoms with Crippen LogP contribution in [0.15, 0.2) is 36.4 Å². The van der Waals surface area contributed by atoms with E-state index < -0.39 is 41.4 Å². The number of nitrogens with zero attached hydrogens (tertiary/aromatic N) is 1. The monoisotopic (exact) mass is 489 g/mol. The smallest absolute Gasteiger partial charge is 0.292 e. The van der Waals surface area contributed by atoms with Crippen LogP contribution in [-0.2, 0) is 26.3 Å². The molecule has 2 N–H and O–H groups in total. The molecule has 0 radical (unpaired) electrons. The summed E-state index contributed by atoms with van der Waals surface area (Å²) in [6, 6.07) is 8.67. The van der Waals surface area contributed by atoms with E-state index >= 15 is 0 Å². The number of carbonyl (C=O) groups excluding carboxylic acids is 6. The molecule has 1 atom stereocenters. The van der Waals surface area contributed by atoms with E-state index in [0.29, 0.717) is 5.56 Å². The molecule has 2 aromatic rings. The van der Waals surface area contributed by atoms with Crippen LogP contribution in [0.25, 0.3) is 0 Å². The molecule has 2 aliphatic rings. The van der Waals surface area contributed by atoms with Crippen LogP contribution >= 0.6 is 0 Å². The first-order chi connectivity index (χ1) is 16.9. The summed E-state index contributed by atoms with van der Waals surface area (Å²) in [5, 5.41) is 4.69. The lowest BCUT2D eigenvalue weighted by Crippen LogP contribution is -2.54. The maximum absolute atomic E-state index is 13.2. The van der Waals surface area contributed by atoms with Gasteiger partial charge in [0.15, 0.2) is 0 Å². The van der Waals surface area contributed by atoms with Crippen LogP contribution < -0.4 is 10.6 Å². The molecule has 1 unspecified atom stereocenters.